The predicted molar refractivity (Wildman–Crippen MR) is 110 cm³/mol. The number of piperidine rings is 1. The van der Waals surface area contributed by atoms with Gasteiger partial charge in [0.15, 0.2) is 0 Å². The summed E-state index contributed by atoms with van der Waals surface area (Å²) in [4.78, 5) is 25.8. The number of amides is 2. The van der Waals surface area contributed by atoms with E-state index in [1.807, 2.05) is 12.1 Å². The number of carbonyl (C=O) groups excluding carboxylic acids is 2. The SMILES string of the molecule is CC[CH-][Si](C)(C)OCCC1CN(c2cccc(C3CCC(=O)NC3=O)c2)C1.[Fe]. The molecular formula is C21H31FeN2O3Si-. The molecule has 1 unspecified atom stereocenters. The smallest absolute Gasteiger partial charge is 0.234 e. The minimum absolute atomic E-state index is 0. The third kappa shape index (κ3) is 5.93. The van der Waals surface area contributed by atoms with E-state index in [4.69, 9.17) is 4.43 Å². The van der Waals surface area contributed by atoms with Gasteiger partial charge >= 0.3 is 0 Å². The Labute approximate surface area is 180 Å². The van der Waals surface area contributed by atoms with Crippen LogP contribution in [0.2, 0.25) is 13.1 Å². The molecule has 2 aliphatic heterocycles. The Morgan fingerprint density at radius 2 is 2.04 bits per heavy atom. The van der Waals surface area contributed by atoms with Crippen molar-refractivity contribution in [1.82, 2.24) is 5.32 Å². The van der Waals surface area contributed by atoms with Gasteiger partial charge in [0.1, 0.15) is 0 Å². The fourth-order valence-electron chi connectivity index (χ4n) is 3.95. The molecule has 5 nitrogen and oxygen atoms in total. The summed E-state index contributed by atoms with van der Waals surface area (Å²) >= 11 is 0. The Kier molecular flexibility index (Phi) is 8.31. The van der Waals surface area contributed by atoms with E-state index in [-0.39, 0.29) is 34.8 Å². The summed E-state index contributed by atoms with van der Waals surface area (Å²) in [6.07, 6.45) is 3.21. The standard InChI is InChI=1S/C21H31N2O3Si.Fe/c1-4-12-27(2,3)26-11-10-16-14-23(15-16)18-7-5-6-17(13-18)19-8-9-20(24)22-21(19)25;/h5-7,12-13,16,19H,4,8-11,14-15H2,1-3H3,(H,22,24,25);/q-1;. The molecular weight excluding hydrogens is 412 g/mol. The van der Waals surface area contributed by atoms with Gasteiger partial charge in [-0.25, -0.2) is 0 Å². The van der Waals surface area contributed by atoms with Crippen LogP contribution in [-0.4, -0.2) is 39.8 Å². The fraction of sp³-hybridized carbons (Fsp3) is 0.571. The van der Waals surface area contributed by atoms with E-state index in [0.29, 0.717) is 18.8 Å². The molecule has 1 aromatic rings. The van der Waals surface area contributed by atoms with Gasteiger partial charge in [0, 0.05) is 57.2 Å². The van der Waals surface area contributed by atoms with Crippen molar-refractivity contribution in [3.8, 4) is 0 Å². The molecule has 156 valence electrons. The second-order valence-electron chi connectivity index (χ2n) is 8.22. The minimum atomic E-state index is -1.58. The topological polar surface area (TPSA) is 58.6 Å². The van der Waals surface area contributed by atoms with Crippen molar-refractivity contribution in [2.24, 2.45) is 5.92 Å². The van der Waals surface area contributed by atoms with Crippen LogP contribution in [0.1, 0.15) is 44.1 Å². The van der Waals surface area contributed by atoms with Crippen LogP contribution in [-0.2, 0) is 31.1 Å². The average Bonchev–Trinajstić information content (AvgIpc) is 2.57. The van der Waals surface area contributed by atoms with Crippen LogP contribution in [0.25, 0.3) is 0 Å². The Hall–Kier alpha value is -1.14. The summed E-state index contributed by atoms with van der Waals surface area (Å²) in [5.74, 6) is 0.131. The van der Waals surface area contributed by atoms with E-state index >= 15 is 0 Å². The Morgan fingerprint density at radius 3 is 2.71 bits per heavy atom. The number of rotatable bonds is 8. The molecule has 0 radical (unpaired) electrons. The van der Waals surface area contributed by atoms with Gasteiger partial charge in [-0.3, -0.25) is 14.9 Å². The van der Waals surface area contributed by atoms with Crippen LogP contribution in [0.5, 0.6) is 0 Å². The molecule has 0 aromatic heterocycles. The molecule has 1 atom stereocenters. The van der Waals surface area contributed by atoms with Gasteiger partial charge < -0.3 is 15.4 Å². The molecule has 2 saturated heterocycles. The minimum Gasteiger partial charge on any atom is -0.449 e. The molecule has 3 rings (SSSR count). The summed E-state index contributed by atoms with van der Waals surface area (Å²) in [5.41, 5.74) is 2.18. The maximum Gasteiger partial charge on any atom is 0.234 e. The van der Waals surface area contributed by atoms with E-state index in [9.17, 15) is 9.59 Å². The summed E-state index contributed by atoms with van der Waals surface area (Å²) < 4.78 is 6.13. The summed E-state index contributed by atoms with van der Waals surface area (Å²) in [5, 5.41) is 2.45. The zero-order valence-corrected chi connectivity index (χ0v) is 19.1. The number of hydrogen-bond acceptors (Lipinski definition) is 4. The second kappa shape index (κ2) is 10.1. The molecule has 2 fully saturated rings. The molecule has 0 bridgehead atoms. The number of nitrogens with zero attached hydrogens (tertiary/aromatic N) is 1. The molecule has 0 spiro atoms. The average molecular weight is 443 g/mol. The zero-order valence-electron chi connectivity index (χ0n) is 17.0. The Balaban J connectivity index is 0.00000280. The van der Waals surface area contributed by atoms with Crippen LogP contribution in [0.15, 0.2) is 24.3 Å². The molecule has 0 saturated carbocycles. The first-order valence-corrected chi connectivity index (χ1v) is 13.0. The van der Waals surface area contributed by atoms with Gasteiger partial charge in [-0.15, -0.1) is 0 Å². The van der Waals surface area contributed by atoms with Gasteiger partial charge in [-0.05, 0) is 36.5 Å². The number of nitrogens with one attached hydrogen (secondary N) is 1. The van der Waals surface area contributed by atoms with Crippen molar-refractivity contribution in [3.63, 3.8) is 0 Å². The molecule has 1 aromatic carbocycles. The third-order valence-electron chi connectivity index (χ3n) is 5.53. The van der Waals surface area contributed by atoms with Crippen LogP contribution >= 0.6 is 0 Å². The Bertz CT molecular complexity index is 692. The summed E-state index contributed by atoms with van der Waals surface area (Å²) in [6, 6.07) is 10.6. The van der Waals surface area contributed by atoms with Crippen molar-refractivity contribution >= 4 is 25.8 Å². The van der Waals surface area contributed by atoms with Gasteiger partial charge in [-0.1, -0.05) is 32.2 Å². The van der Waals surface area contributed by atoms with Crippen molar-refractivity contribution < 1.29 is 31.1 Å². The number of benzene rings is 1. The molecule has 2 aliphatic rings. The van der Waals surface area contributed by atoms with E-state index in [2.05, 4.69) is 48.4 Å². The van der Waals surface area contributed by atoms with Crippen molar-refractivity contribution in [2.45, 2.75) is 51.6 Å². The van der Waals surface area contributed by atoms with Gasteiger partial charge in [0.05, 0.1) is 5.92 Å². The van der Waals surface area contributed by atoms with E-state index < -0.39 is 8.32 Å². The van der Waals surface area contributed by atoms with Crippen LogP contribution in [0.4, 0.5) is 5.69 Å². The number of hydrogen-bond donors (Lipinski definition) is 1. The summed E-state index contributed by atoms with van der Waals surface area (Å²) in [7, 11) is -1.58. The summed E-state index contributed by atoms with van der Waals surface area (Å²) in [6.45, 7) is 9.62. The molecule has 1 N–H and O–H groups in total. The number of carbonyl (C=O) groups is 2. The van der Waals surface area contributed by atoms with Crippen molar-refractivity contribution in [3.05, 3.63) is 35.9 Å². The van der Waals surface area contributed by atoms with Gasteiger partial charge in [-0.2, -0.15) is 6.42 Å². The Morgan fingerprint density at radius 1 is 1.29 bits per heavy atom. The third-order valence-corrected chi connectivity index (χ3v) is 7.87. The first-order chi connectivity index (χ1) is 12.9. The first kappa shape index (κ1) is 23.1. The predicted octanol–water partition coefficient (Wildman–Crippen LogP) is 3.41. The normalized spacial score (nSPS) is 20.4. The van der Waals surface area contributed by atoms with Crippen LogP contribution < -0.4 is 10.2 Å². The van der Waals surface area contributed by atoms with Crippen LogP contribution in [0, 0.1) is 12.0 Å². The monoisotopic (exact) mass is 443 g/mol. The van der Waals surface area contributed by atoms with Crippen molar-refractivity contribution in [2.75, 3.05) is 24.6 Å². The zero-order chi connectivity index (χ0) is 19.4. The molecule has 2 heterocycles. The van der Waals surface area contributed by atoms with Gasteiger partial charge in [0.2, 0.25) is 11.8 Å². The maximum atomic E-state index is 12.1. The molecule has 0 aliphatic carbocycles. The van der Waals surface area contributed by atoms with E-state index in [1.54, 1.807) is 0 Å². The molecule has 7 heteroatoms. The quantitative estimate of drug-likeness (QED) is 0.380. The maximum absolute atomic E-state index is 12.1. The largest absolute Gasteiger partial charge is 0.449 e. The van der Waals surface area contributed by atoms with Crippen LogP contribution in [0.3, 0.4) is 0 Å². The fourth-order valence-corrected chi connectivity index (χ4v) is 5.70. The second-order valence-corrected chi connectivity index (χ2v) is 12.1. The van der Waals surface area contributed by atoms with E-state index in [1.165, 1.54) is 5.69 Å². The molecule has 2 amide bonds. The van der Waals surface area contributed by atoms with Crippen molar-refractivity contribution in [1.29, 1.82) is 0 Å². The van der Waals surface area contributed by atoms with Gasteiger partial charge in [0.25, 0.3) is 0 Å². The number of anilines is 1. The molecule has 28 heavy (non-hydrogen) atoms. The van der Waals surface area contributed by atoms with E-state index in [0.717, 1.165) is 38.1 Å². The first-order valence-electron chi connectivity index (χ1n) is 10.0. The number of imide groups is 1.